The molecule has 4 rings (SSSR count). The van der Waals surface area contributed by atoms with Crippen LogP contribution in [0.2, 0.25) is 5.02 Å². The Labute approximate surface area is 190 Å². The topological polar surface area (TPSA) is 25.4 Å². The summed E-state index contributed by atoms with van der Waals surface area (Å²) in [6.07, 6.45) is 5.83. The van der Waals surface area contributed by atoms with Gasteiger partial charge in [-0.1, -0.05) is 42.1 Å². The summed E-state index contributed by atoms with van der Waals surface area (Å²) in [7, 11) is 0. The van der Waals surface area contributed by atoms with E-state index in [1.165, 1.54) is 32.4 Å². The fourth-order valence-electron chi connectivity index (χ4n) is 3.77. The lowest BCUT2D eigenvalue weighted by atomic mass is 10.1. The summed E-state index contributed by atoms with van der Waals surface area (Å²) in [6.45, 7) is 6.20. The van der Waals surface area contributed by atoms with Crippen LogP contribution in [0.15, 0.2) is 60.8 Å². The molecule has 0 saturated carbocycles. The Morgan fingerprint density at radius 2 is 1.71 bits per heavy atom. The minimum absolute atomic E-state index is 0.730. The molecule has 158 valence electrons. The second kappa shape index (κ2) is 10.5. The molecule has 2 heterocycles. The first-order valence-electron chi connectivity index (χ1n) is 10.9. The highest BCUT2D eigenvalue weighted by atomic mass is 35.5. The summed E-state index contributed by atoms with van der Waals surface area (Å²) in [6, 6.07) is 17.8. The molecule has 4 heteroatoms. The smallest absolute Gasteiger partial charge is 0.122 e. The number of piperidine rings is 1. The summed E-state index contributed by atoms with van der Waals surface area (Å²) in [5.74, 6) is 7.30. The summed E-state index contributed by atoms with van der Waals surface area (Å²) < 4.78 is 6.01. The number of pyridine rings is 1. The summed E-state index contributed by atoms with van der Waals surface area (Å²) in [5.41, 5.74) is 4.95. The third-order valence-corrected chi connectivity index (χ3v) is 5.82. The van der Waals surface area contributed by atoms with Crippen LogP contribution in [0.4, 0.5) is 0 Å². The van der Waals surface area contributed by atoms with Crippen LogP contribution in [0.1, 0.15) is 36.1 Å². The van der Waals surface area contributed by atoms with E-state index in [2.05, 4.69) is 34.7 Å². The van der Waals surface area contributed by atoms with Crippen molar-refractivity contribution in [1.82, 2.24) is 9.88 Å². The number of aryl methyl sites for hydroxylation is 1. The van der Waals surface area contributed by atoms with Crippen LogP contribution >= 0.6 is 11.6 Å². The van der Waals surface area contributed by atoms with Gasteiger partial charge in [-0.15, -0.1) is 0 Å². The first-order valence-corrected chi connectivity index (χ1v) is 11.2. The third kappa shape index (κ3) is 6.10. The van der Waals surface area contributed by atoms with E-state index in [0.717, 1.165) is 51.9 Å². The lowest BCUT2D eigenvalue weighted by molar-refractivity contribution is 0.183. The zero-order valence-corrected chi connectivity index (χ0v) is 18.7. The Morgan fingerprint density at radius 1 is 0.935 bits per heavy atom. The van der Waals surface area contributed by atoms with E-state index in [1.54, 1.807) is 0 Å². The zero-order chi connectivity index (χ0) is 21.5. The predicted octanol–water partition coefficient (Wildman–Crippen LogP) is 5.97. The number of benzene rings is 2. The second-order valence-electron chi connectivity index (χ2n) is 7.92. The van der Waals surface area contributed by atoms with E-state index in [0.29, 0.717) is 0 Å². The van der Waals surface area contributed by atoms with Crippen molar-refractivity contribution in [2.75, 3.05) is 26.2 Å². The Hall–Kier alpha value is -2.80. The van der Waals surface area contributed by atoms with Gasteiger partial charge in [-0.05, 0) is 86.3 Å². The molecule has 1 aromatic heterocycles. The Kier molecular flexibility index (Phi) is 7.25. The van der Waals surface area contributed by atoms with E-state index in [-0.39, 0.29) is 0 Å². The van der Waals surface area contributed by atoms with Crippen molar-refractivity contribution in [3.05, 3.63) is 82.6 Å². The summed E-state index contributed by atoms with van der Waals surface area (Å²) in [5, 5.41) is 0.730. The molecule has 0 unspecified atom stereocenters. The number of halogens is 1. The van der Waals surface area contributed by atoms with Crippen molar-refractivity contribution < 1.29 is 4.74 Å². The normalized spacial score (nSPS) is 14.0. The molecule has 0 atom stereocenters. The van der Waals surface area contributed by atoms with Crippen molar-refractivity contribution in [3.8, 4) is 28.7 Å². The van der Waals surface area contributed by atoms with Gasteiger partial charge in [-0.2, -0.15) is 0 Å². The Morgan fingerprint density at radius 3 is 2.42 bits per heavy atom. The molecule has 0 radical (unpaired) electrons. The molecule has 0 amide bonds. The van der Waals surface area contributed by atoms with Crippen molar-refractivity contribution in [1.29, 1.82) is 0 Å². The molecule has 2 aromatic carbocycles. The molecular weight excluding hydrogens is 404 g/mol. The number of hydrogen-bond donors (Lipinski definition) is 0. The van der Waals surface area contributed by atoms with Gasteiger partial charge in [0.1, 0.15) is 18.1 Å². The molecule has 1 aliphatic rings. The largest absolute Gasteiger partial charge is 0.492 e. The molecule has 0 spiro atoms. The van der Waals surface area contributed by atoms with Gasteiger partial charge in [-0.3, -0.25) is 4.90 Å². The third-order valence-electron chi connectivity index (χ3n) is 5.56. The van der Waals surface area contributed by atoms with Crippen molar-refractivity contribution in [2.24, 2.45) is 0 Å². The molecule has 1 aliphatic heterocycles. The van der Waals surface area contributed by atoms with E-state index in [9.17, 15) is 0 Å². The quantitative estimate of drug-likeness (QED) is 0.466. The molecule has 0 bridgehead atoms. The highest BCUT2D eigenvalue weighted by molar-refractivity contribution is 6.30. The van der Waals surface area contributed by atoms with Gasteiger partial charge >= 0.3 is 0 Å². The SMILES string of the molecule is Cc1cc(C#Cc2ccc(-c3ccc(Cl)cc3)cn2)ccc1OCCN1CCCCC1. The van der Waals surface area contributed by atoms with Crippen LogP contribution in [0.5, 0.6) is 5.75 Å². The number of rotatable bonds is 5. The fraction of sp³-hybridized carbons (Fsp3) is 0.296. The summed E-state index contributed by atoms with van der Waals surface area (Å²) >= 11 is 5.96. The van der Waals surface area contributed by atoms with Crippen LogP contribution in [-0.2, 0) is 0 Å². The Bertz CT molecular complexity index is 1060. The molecule has 31 heavy (non-hydrogen) atoms. The minimum atomic E-state index is 0.730. The van der Waals surface area contributed by atoms with Gasteiger partial charge < -0.3 is 4.74 Å². The van der Waals surface area contributed by atoms with Crippen LogP contribution in [0, 0.1) is 18.8 Å². The average molecular weight is 431 g/mol. The van der Waals surface area contributed by atoms with Crippen LogP contribution < -0.4 is 4.74 Å². The lowest BCUT2D eigenvalue weighted by Crippen LogP contribution is -2.33. The van der Waals surface area contributed by atoms with E-state index < -0.39 is 0 Å². The maximum absolute atomic E-state index is 6.01. The molecule has 1 saturated heterocycles. The first kappa shape index (κ1) is 21.4. The van der Waals surface area contributed by atoms with Gasteiger partial charge in [0.25, 0.3) is 0 Å². The van der Waals surface area contributed by atoms with E-state index in [1.807, 2.05) is 54.7 Å². The second-order valence-corrected chi connectivity index (χ2v) is 8.36. The average Bonchev–Trinajstić information content (AvgIpc) is 2.81. The summed E-state index contributed by atoms with van der Waals surface area (Å²) in [4.78, 5) is 6.97. The minimum Gasteiger partial charge on any atom is -0.492 e. The van der Waals surface area contributed by atoms with Crippen LogP contribution in [0.25, 0.3) is 11.1 Å². The molecule has 3 nitrogen and oxygen atoms in total. The van der Waals surface area contributed by atoms with Crippen molar-refractivity contribution in [3.63, 3.8) is 0 Å². The zero-order valence-electron chi connectivity index (χ0n) is 17.9. The van der Waals surface area contributed by atoms with Crippen LogP contribution in [-0.4, -0.2) is 36.1 Å². The molecule has 0 N–H and O–H groups in total. The van der Waals surface area contributed by atoms with Gasteiger partial charge in [0.05, 0.1) is 0 Å². The van der Waals surface area contributed by atoms with E-state index in [4.69, 9.17) is 16.3 Å². The van der Waals surface area contributed by atoms with Crippen molar-refractivity contribution in [2.45, 2.75) is 26.2 Å². The standard InChI is InChI=1S/C27H27ClN2O/c1-21-19-22(6-14-27(21)31-18-17-30-15-3-2-4-16-30)5-12-26-13-9-24(20-29-26)23-7-10-25(28)11-8-23/h6-11,13-14,19-20H,2-4,15-18H2,1H3. The maximum atomic E-state index is 6.01. The van der Waals surface area contributed by atoms with Crippen molar-refractivity contribution >= 4 is 11.6 Å². The molecule has 3 aromatic rings. The first-order chi connectivity index (χ1) is 15.2. The predicted molar refractivity (Wildman–Crippen MR) is 128 cm³/mol. The molecule has 0 aliphatic carbocycles. The number of likely N-dealkylation sites (tertiary alicyclic amines) is 1. The van der Waals surface area contributed by atoms with Crippen LogP contribution in [0.3, 0.4) is 0 Å². The van der Waals surface area contributed by atoms with Gasteiger partial charge in [0, 0.05) is 28.9 Å². The molecule has 1 fully saturated rings. The Balaban J connectivity index is 1.35. The maximum Gasteiger partial charge on any atom is 0.122 e. The monoisotopic (exact) mass is 430 g/mol. The van der Waals surface area contributed by atoms with Gasteiger partial charge in [0.15, 0.2) is 0 Å². The lowest BCUT2D eigenvalue weighted by Gasteiger charge is -2.26. The highest BCUT2D eigenvalue weighted by Gasteiger charge is 2.10. The number of hydrogen-bond acceptors (Lipinski definition) is 3. The molecular formula is C27H27ClN2O. The number of ether oxygens (including phenoxy) is 1. The van der Waals surface area contributed by atoms with Gasteiger partial charge in [-0.25, -0.2) is 4.98 Å². The highest BCUT2D eigenvalue weighted by Crippen LogP contribution is 2.21. The van der Waals surface area contributed by atoms with Gasteiger partial charge in [0.2, 0.25) is 0 Å². The fourth-order valence-corrected chi connectivity index (χ4v) is 3.90. The van der Waals surface area contributed by atoms with E-state index >= 15 is 0 Å². The number of aromatic nitrogens is 1. The number of nitrogens with zero attached hydrogens (tertiary/aromatic N) is 2.